The standard InChI is InChI=1S/C26H23NO3/c28-25(27-20-14-8-3-9-15-20)23-21(18-10-4-1-5-11-18)16-17-22(24(23)26(29)30)19-12-6-2-7-13-19/h1-17,21-24H,(H,27,28)(H,29,30)/t21-,22+,23-,24-/m1/s1. The van der Waals surface area contributed by atoms with Crippen LogP contribution in [0.15, 0.2) is 103 Å². The van der Waals surface area contributed by atoms with Crippen LogP contribution >= 0.6 is 0 Å². The Morgan fingerprint density at radius 2 is 1.07 bits per heavy atom. The van der Waals surface area contributed by atoms with Crippen LogP contribution in [0.1, 0.15) is 23.0 Å². The Labute approximate surface area is 175 Å². The van der Waals surface area contributed by atoms with Crippen molar-refractivity contribution in [3.05, 3.63) is 114 Å². The van der Waals surface area contributed by atoms with Gasteiger partial charge in [-0.2, -0.15) is 0 Å². The average molecular weight is 397 g/mol. The van der Waals surface area contributed by atoms with E-state index in [9.17, 15) is 14.7 Å². The Kier molecular flexibility index (Phi) is 5.75. The van der Waals surface area contributed by atoms with Gasteiger partial charge in [-0.05, 0) is 23.3 Å². The van der Waals surface area contributed by atoms with E-state index in [-0.39, 0.29) is 17.7 Å². The van der Waals surface area contributed by atoms with E-state index in [4.69, 9.17) is 0 Å². The first kappa shape index (κ1) is 19.6. The highest BCUT2D eigenvalue weighted by Crippen LogP contribution is 2.45. The zero-order chi connectivity index (χ0) is 20.9. The summed E-state index contributed by atoms with van der Waals surface area (Å²) in [6, 6.07) is 28.3. The van der Waals surface area contributed by atoms with Crippen LogP contribution in [0.3, 0.4) is 0 Å². The van der Waals surface area contributed by atoms with Gasteiger partial charge in [-0.3, -0.25) is 9.59 Å². The summed E-state index contributed by atoms with van der Waals surface area (Å²) in [5, 5.41) is 13.1. The van der Waals surface area contributed by atoms with Crippen molar-refractivity contribution in [1.29, 1.82) is 0 Å². The lowest BCUT2D eigenvalue weighted by Gasteiger charge is -2.37. The van der Waals surface area contributed by atoms with E-state index >= 15 is 0 Å². The van der Waals surface area contributed by atoms with Crippen molar-refractivity contribution in [1.82, 2.24) is 0 Å². The van der Waals surface area contributed by atoms with Crippen molar-refractivity contribution in [2.75, 3.05) is 5.32 Å². The number of anilines is 1. The van der Waals surface area contributed by atoms with Crippen LogP contribution in [-0.4, -0.2) is 17.0 Å². The number of amides is 1. The number of carboxylic acid groups (broad SMARTS) is 1. The largest absolute Gasteiger partial charge is 0.481 e. The van der Waals surface area contributed by atoms with Gasteiger partial charge in [0.05, 0.1) is 11.8 Å². The molecule has 0 aromatic heterocycles. The molecule has 3 aromatic carbocycles. The zero-order valence-electron chi connectivity index (χ0n) is 16.4. The topological polar surface area (TPSA) is 66.4 Å². The van der Waals surface area contributed by atoms with Crippen LogP contribution in [0.2, 0.25) is 0 Å². The van der Waals surface area contributed by atoms with Crippen molar-refractivity contribution in [3.8, 4) is 0 Å². The van der Waals surface area contributed by atoms with Crippen molar-refractivity contribution in [2.24, 2.45) is 11.8 Å². The molecule has 4 rings (SSSR count). The summed E-state index contributed by atoms with van der Waals surface area (Å²) in [5.41, 5.74) is 2.48. The van der Waals surface area contributed by atoms with E-state index in [0.29, 0.717) is 5.69 Å². The predicted octanol–water partition coefficient (Wildman–Crippen LogP) is 5.08. The number of hydrogen-bond donors (Lipinski definition) is 2. The molecule has 0 bridgehead atoms. The number of nitrogens with one attached hydrogen (secondary N) is 1. The van der Waals surface area contributed by atoms with E-state index in [0.717, 1.165) is 11.1 Å². The second kappa shape index (κ2) is 8.78. The van der Waals surface area contributed by atoms with Gasteiger partial charge < -0.3 is 10.4 Å². The number of carbonyl (C=O) groups excluding carboxylic acids is 1. The van der Waals surface area contributed by atoms with Gasteiger partial charge in [-0.1, -0.05) is 91.0 Å². The lowest BCUT2D eigenvalue weighted by Crippen LogP contribution is -2.42. The van der Waals surface area contributed by atoms with E-state index in [1.54, 1.807) is 12.1 Å². The Balaban J connectivity index is 1.78. The van der Waals surface area contributed by atoms with Crippen LogP contribution in [0.5, 0.6) is 0 Å². The summed E-state index contributed by atoms with van der Waals surface area (Å²) in [7, 11) is 0. The summed E-state index contributed by atoms with van der Waals surface area (Å²) in [5.74, 6) is -3.59. The fourth-order valence-electron chi connectivity index (χ4n) is 4.29. The third-order valence-corrected chi connectivity index (χ3v) is 5.68. The van der Waals surface area contributed by atoms with Gasteiger partial charge in [0.2, 0.25) is 5.91 Å². The summed E-state index contributed by atoms with van der Waals surface area (Å²) in [6.07, 6.45) is 3.93. The van der Waals surface area contributed by atoms with E-state index in [1.807, 2.05) is 91.0 Å². The molecule has 4 nitrogen and oxygen atoms in total. The van der Waals surface area contributed by atoms with E-state index in [1.165, 1.54) is 0 Å². The average Bonchev–Trinajstić information content (AvgIpc) is 2.80. The number of para-hydroxylation sites is 1. The number of carboxylic acids is 1. The fraction of sp³-hybridized carbons (Fsp3) is 0.154. The molecule has 0 saturated carbocycles. The Morgan fingerprint density at radius 3 is 1.53 bits per heavy atom. The third kappa shape index (κ3) is 4.03. The van der Waals surface area contributed by atoms with Crippen LogP contribution in [0, 0.1) is 11.8 Å². The first-order valence-corrected chi connectivity index (χ1v) is 10.0. The van der Waals surface area contributed by atoms with Gasteiger partial charge in [0.15, 0.2) is 0 Å². The van der Waals surface area contributed by atoms with Gasteiger partial charge in [-0.15, -0.1) is 0 Å². The zero-order valence-corrected chi connectivity index (χ0v) is 16.4. The molecule has 1 aliphatic rings. The van der Waals surface area contributed by atoms with Crippen molar-refractivity contribution < 1.29 is 14.7 Å². The molecule has 0 unspecified atom stereocenters. The van der Waals surface area contributed by atoms with Crippen molar-refractivity contribution in [2.45, 2.75) is 11.8 Å². The van der Waals surface area contributed by atoms with Crippen molar-refractivity contribution in [3.63, 3.8) is 0 Å². The quantitative estimate of drug-likeness (QED) is 0.590. The third-order valence-electron chi connectivity index (χ3n) is 5.68. The van der Waals surface area contributed by atoms with Crippen molar-refractivity contribution >= 4 is 17.6 Å². The fourth-order valence-corrected chi connectivity index (χ4v) is 4.29. The number of hydrogen-bond acceptors (Lipinski definition) is 2. The second-order valence-electron chi connectivity index (χ2n) is 7.50. The minimum atomic E-state index is -0.970. The molecule has 0 fully saturated rings. The molecule has 0 heterocycles. The first-order valence-electron chi connectivity index (χ1n) is 10.0. The highest BCUT2D eigenvalue weighted by atomic mass is 16.4. The summed E-state index contributed by atoms with van der Waals surface area (Å²) < 4.78 is 0. The Bertz CT molecular complexity index is 1030. The van der Waals surface area contributed by atoms with Gasteiger partial charge >= 0.3 is 5.97 Å². The maximum Gasteiger partial charge on any atom is 0.308 e. The van der Waals surface area contributed by atoms with Gasteiger partial charge in [0, 0.05) is 17.5 Å². The molecule has 4 atom stereocenters. The van der Waals surface area contributed by atoms with E-state index < -0.39 is 17.8 Å². The molecule has 1 aliphatic carbocycles. The molecule has 1 amide bonds. The smallest absolute Gasteiger partial charge is 0.308 e. The number of rotatable bonds is 5. The SMILES string of the molecule is O=C(Nc1ccccc1)[C@H]1[C@H](C(=O)O)[C@H](c2ccccc2)C=C[C@@H]1c1ccccc1. The molecule has 2 N–H and O–H groups in total. The van der Waals surface area contributed by atoms with Gasteiger partial charge in [-0.25, -0.2) is 0 Å². The maximum atomic E-state index is 13.4. The highest BCUT2D eigenvalue weighted by molar-refractivity contribution is 5.96. The molecular weight excluding hydrogens is 374 g/mol. The summed E-state index contributed by atoms with van der Waals surface area (Å²) in [4.78, 5) is 25.9. The van der Waals surface area contributed by atoms with E-state index in [2.05, 4.69) is 5.32 Å². The molecule has 3 aromatic rings. The number of carbonyl (C=O) groups is 2. The Hall–Kier alpha value is -3.66. The summed E-state index contributed by atoms with van der Waals surface area (Å²) in [6.45, 7) is 0. The lowest BCUT2D eigenvalue weighted by atomic mass is 9.66. The minimum absolute atomic E-state index is 0.285. The molecule has 0 radical (unpaired) electrons. The monoisotopic (exact) mass is 397 g/mol. The normalized spacial score (nSPS) is 22.9. The number of allylic oxidation sites excluding steroid dienone is 2. The molecule has 0 saturated heterocycles. The van der Waals surface area contributed by atoms with Crippen LogP contribution in [0.25, 0.3) is 0 Å². The Morgan fingerprint density at radius 1 is 0.633 bits per heavy atom. The molecule has 30 heavy (non-hydrogen) atoms. The van der Waals surface area contributed by atoms with Gasteiger partial charge in [0.25, 0.3) is 0 Å². The number of benzene rings is 3. The predicted molar refractivity (Wildman–Crippen MR) is 117 cm³/mol. The highest BCUT2D eigenvalue weighted by Gasteiger charge is 2.46. The second-order valence-corrected chi connectivity index (χ2v) is 7.50. The maximum absolute atomic E-state index is 13.4. The van der Waals surface area contributed by atoms with Crippen LogP contribution < -0.4 is 5.32 Å². The first-order chi connectivity index (χ1) is 14.6. The lowest BCUT2D eigenvalue weighted by molar-refractivity contribution is -0.147. The van der Waals surface area contributed by atoms with Crippen LogP contribution in [0.4, 0.5) is 5.69 Å². The summed E-state index contributed by atoms with van der Waals surface area (Å²) >= 11 is 0. The molecule has 0 spiro atoms. The molecule has 4 heteroatoms. The molecule has 0 aliphatic heterocycles. The number of aliphatic carboxylic acids is 1. The van der Waals surface area contributed by atoms with Gasteiger partial charge in [0.1, 0.15) is 0 Å². The minimum Gasteiger partial charge on any atom is -0.481 e. The van der Waals surface area contributed by atoms with Crippen LogP contribution in [-0.2, 0) is 9.59 Å². The molecule has 150 valence electrons. The molecular formula is C26H23NO3.